The summed E-state index contributed by atoms with van der Waals surface area (Å²) in [4.78, 5) is 0.727. The monoisotopic (exact) mass is 602 g/mol. The fourth-order valence-corrected chi connectivity index (χ4v) is 7.18. The van der Waals surface area contributed by atoms with Crippen molar-refractivity contribution in [2.75, 3.05) is 0 Å². The van der Waals surface area contributed by atoms with E-state index in [4.69, 9.17) is 0 Å². The van der Waals surface area contributed by atoms with E-state index < -0.39 is 72.7 Å². The molecular weight excluding hydrogens is 586 g/mol. The van der Waals surface area contributed by atoms with E-state index >= 15 is 0 Å². The Morgan fingerprint density at radius 2 is 1.37 bits per heavy atom. The number of nitrogens with zero attached hydrogens (tertiary/aromatic N) is 1. The highest BCUT2D eigenvalue weighted by Crippen LogP contribution is 2.37. The van der Waals surface area contributed by atoms with E-state index in [-0.39, 0.29) is 11.6 Å². The molecule has 17 heteroatoms. The Labute approximate surface area is 213 Å². The highest BCUT2D eigenvalue weighted by atomic mass is 32.2. The van der Waals surface area contributed by atoms with Crippen molar-refractivity contribution in [3.05, 3.63) is 78.0 Å². The lowest BCUT2D eigenvalue weighted by Crippen LogP contribution is -2.37. The van der Waals surface area contributed by atoms with Gasteiger partial charge in [-0.2, -0.15) is 26.3 Å². The van der Waals surface area contributed by atoms with Gasteiger partial charge in [0.25, 0.3) is 0 Å². The zero-order chi connectivity index (χ0) is 28.7. The van der Waals surface area contributed by atoms with Gasteiger partial charge in [0, 0.05) is 12.2 Å². The van der Waals surface area contributed by atoms with Gasteiger partial charge in [0.15, 0.2) is 5.03 Å². The summed E-state index contributed by atoms with van der Waals surface area (Å²) >= 11 is 0. The first kappa shape index (κ1) is 29.5. The second kappa shape index (κ2) is 9.94. The fourth-order valence-electron chi connectivity index (χ4n) is 3.17. The topological polar surface area (TPSA) is 127 Å². The molecule has 1 atom stereocenters. The zero-order valence-electron chi connectivity index (χ0n) is 18.8. The first-order chi connectivity index (χ1) is 17.3. The van der Waals surface area contributed by atoms with E-state index in [1.165, 1.54) is 16.9 Å². The quantitative estimate of drug-likeness (QED) is 0.400. The summed E-state index contributed by atoms with van der Waals surface area (Å²) in [6.45, 7) is 1.04. The summed E-state index contributed by atoms with van der Waals surface area (Å²) < 4.78 is 155. The Hall–Kier alpha value is -3.02. The number of benzene rings is 2. The van der Waals surface area contributed by atoms with Crippen LogP contribution in [0.2, 0.25) is 0 Å². The molecule has 0 aliphatic carbocycles. The Balaban J connectivity index is 2.12. The number of sulfone groups is 2. The Kier molecular flexibility index (Phi) is 7.73. The highest BCUT2D eigenvalue weighted by Gasteiger charge is 2.46. The van der Waals surface area contributed by atoms with Crippen molar-refractivity contribution in [1.82, 2.24) is 9.71 Å². The predicted octanol–water partition coefficient (Wildman–Crippen LogP) is 4.27. The lowest BCUT2D eigenvalue weighted by Gasteiger charge is -2.17. The van der Waals surface area contributed by atoms with Gasteiger partial charge in [-0.3, -0.25) is 0 Å². The lowest BCUT2D eigenvalue weighted by atomic mass is 10.1. The van der Waals surface area contributed by atoms with Crippen molar-refractivity contribution >= 4 is 29.7 Å². The van der Waals surface area contributed by atoms with Crippen LogP contribution in [0.1, 0.15) is 24.1 Å². The predicted molar refractivity (Wildman–Crippen MR) is 120 cm³/mol. The molecule has 38 heavy (non-hydrogen) atoms. The van der Waals surface area contributed by atoms with Gasteiger partial charge in [-0.15, -0.1) is 0 Å². The van der Waals surface area contributed by atoms with Crippen molar-refractivity contribution in [1.29, 1.82) is 0 Å². The summed E-state index contributed by atoms with van der Waals surface area (Å²) in [5.74, 6) is 0. The molecule has 1 N–H and O–H groups in total. The second-order valence-corrected chi connectivity index (χ2v) is 13.2. The molecule has 3 aromatic rings. The van der Waals surface area contributed by atoms with Crippen LogP contribution < -0.4 is 4.72 Å². The summed E-state index contributed by atoms with van der Waals surface area (Å²) in [5, 5.41) is -0.627. The molecule has 3 rings (SSSR count). The van der Waals surface area contributed by atoms with Crippen LogP contribution in [0.5, 0.6) is 0 Å². The maximum atomic E-state index is 13.4. The fraction of sp³-hybridized carbons (Fsp3) is 0.190. The number of hydrogen-bond acceptors (Lipinski definition) is 7. The minimum atomic E-state index is -5.74. The second-order valence-electron chi connectivity index (χ2n) is 7.69. The van der Waals surface area contributed by atoms with Crippen molar-refractivity contribution in [2.24, 2.45) is 0 Å². The molecular formula is C21H16F6N2O6S3. The number of halogens is 6. The number of rotatable bonds is 7. The van der Waals surface area contributed by atoms with E-state index in [0.717, 1.165) is 43.5 Å². The van der Waals surface area contributed by atoms with E-state index in [2.05, 4.69) is 4.98 Å². The standard InChI is InChI=1S/C21H16F6N2O6S3/c1-13(29-38(34,35)21(25,26)27)14-5-8-16(9-6-14)36(30,31)18-12-15(20(22,23)24)7-10-17(18)37(32,33)19-4-2-3-11-28-19/h2-13,29H,1H3/t13-/m0/s1. The molecule has 0 bridgehead atoms. The molecule has 2 aromatic carbocycles. The van der Waals surface area contributed by atoms with Crippen LogP contribution in [-0.2, 0) is 35.9 Å². The van der Waals surface area contributed by atoms with Crippen LogP contribution in [0.15, 0.2) is 86.6 Å². The van der Waals surface area contributed by atoms with Gasteiger partial charge in [-0.25, -0.2) is 35.0 Å². The summed E-state index contributed by atoms with van der Waals surface area (Å²) in [6.07, 6.45) is -3.95. The van der Waals surface area contributed by atoms with Gasteiger partial charge in [-0.05, 0) is 55.0 Å². The van der Waals surface area contributed by atoms with Crippen LogP contribution in [-0.4, -0.2) is 35.7 Å². The van der Waals surface area contributed by atoms with Crippen LogP contribution in [0.4, 0.5) is 26.3 Å². The molecule has 1 heterocycles. The number of pyridine rings is 1. The van der Waals surface area contributed by atoms with Crippen LogP contribution in [0, 0.1) is 0 Å². The molecule has 0 unspecified atom stereocenters. The van der Waals surface area contributed by atoms with Gasteiger partial charge in [0.1, 0.15) is 0 Å². The zero-order valence-corrected chi connectivity index (χ0v) is 21.3. The minimum absolute atomic E-state index is 0.123. The SMILES string of the molecule is C[C@H](NS(=O)(=O)C(F)(F)F)c1ccc(S(=O)(=O)c2cc(C(F)(F)F)ccc2S(=O)(=O)c2ccccn2)cc1. The van der Waals surface area contributed by atoms with Crippen LogP contribution >= 0.6 is 0 Å². The van der Waals surface area contributed by atoms with Crippen molar-refractivity contribution in [3.63, 3.8) is 0 Å². The smallest absolute Gasteiger partial charge is 0.244 e. The van der Waals surface area contributed by atoms with Gasteiger partial charge in [-0.1, -0.05) is 18.2 Å². The summed E-state index contributed by atoms with van der Waals surface area (Å²) in [7, 11) is -15.4. The Morgan fingerprint density at radius 1 is 0.763 bits per heavy atom. The van der Waals surface area contributed by atoms with Crippen LogP contribution in [0.25, 0.3) is 0 Å². The van der Waals surface area contributed by atoms with Crippen molar-refractivity contribution in [2.45, 2.75) is 44.4 Å². The molecule has 0 spiro atoms. The first-order valence-electron chi connectivity index (χ1n) is 10.1. The molecule has 0 saturated carbocycles. The molecule has 8 nitrogen and oxygen atoms in total. The largest absolute Gasteiger partial charge is 0.511 e. The maximum Gasteiger partial charge on any atom is 0.511 e. The Bertz CT molecular complexity index is 1660. The van der Waals surface area contributed by atoms with Gasteiger partial charge in [0.2, 0.25) is 19.7 Å². The average molecular weight is 603 g/mol. The average Bonchev–Trinajstić information content (AvgIpc) is 2.82. The Morgan fingerprint density at radius 3 is 1.87 bits per heavy atom. The first-order valence-corrected chi connectivity index (χ1v) is 14.5. The molecule has 0 amide bonds. The number of aromatic nitrogens is 1. The molecule has 0 aliphatic rings. The minimum Gasteiger partial charge on any atom is -0.244 e. The molecule has 0 fully saturated rings. The summed E-state index contributed by atoms with van der Waals surface area (Å²) in [6, 6.07) is 6.64. The van der Waals surface area contributed by atoms with Gasteiger partial charge < -0.3 is 0 Å². The molecule has 0 aliphatic heterocycles. The number of sulfonamides is 1. The van der Waals surface area contributed by atoms with Crippen LogP contribution in [0.3, 0.4) is 0 Å². The normalized spacial score (nSPS) is 14.3. The third-order valence-corrected chi connectivity index (χ3v) is 10.0. The third-order valence-electron chi connectivity index (χ3n) is 5.09. The summed E-state index contributed by atoms with van der Waals surface area (Å²) in [5.41, 5.74) is -7.19. The number of nitrogens with one attached hydrogen (secondary N) is 1. The number of alkyl halides is 6. The van der Waals surface area contributed by atoms with E-state index in [9.17, 15) is 51.6 Å². The molecule has 0 saturated heterocycles. The van der Waals surface area contributed by atoms with E-state index in [1.807, 2.05) is 0 Å². The maximum absolute atomic E-state index is 13.4. The van der Waals surface area contributed by atoms with E-state index in [1.54, 1.807) is 0 Å². The molecule has 206 valence electrons. The molecule has 0 radical (unpaired) electrons. The number of hydrogen-bond donors (Lipinski definition) is 1. The van der Waals surface area contributed by atoms with Crippen molar-refractivity contribution < 1.29 is 51.6 Å². The lowest BCUT2D eigenvalue weighted by molar-refractivity contribution is -0.137. The third kappa shape index (κ3) is 5.84. The van der Waals surface area contributed by atoms with Crippen molar-refractivity contribution in [3.8, 4) is 0 Å². The molecule has 1 aromatic heterocycles. The highest BCUT2D eigenvalue weighted by molar-refractivity contribution is 7.94. The van der Waals surface area contributed by atoms with Gasteiger partial charge in [0.05, 0.1) is 20.2 Å². The van der Waals surface area contributed by atoms with E-state index in [0.29, 0.717) is 12.1 Å². The van der Waals surface area contributed by atoms with Gasteiger partial charge >= 0.3 is 21.7 Å².